The normalized spacial score (nSPS) is 44.5. The Morgan fingerprint density at radius 1 is 1.34 bits per heavy atom. The van der Waals surface area contributed by atoms with Crippen molar-refractivity contribution in [2.45, 2.75) is 63.0 Å². The summed E-state index contributed by atoms with van der Waals surface area (Å²) in [5, 5.41) is 5.37. The van der Waals surface area contributed by atoms with Crippen molar-refractivity contribution in [1.29, 1.82) is 1.43 Å². The van der Waals surface area contributed by atoms with Crippen molar-refractivity contribution in [1.82, 2.24) is 0 Å². The highest BCUT2D eigenvalue weighted by atomic mass is 35.5. The van der Waals surface area contributed by atoms with Crippen LogP contribution in [0.25, 0.3) is 0 Å². The molecule has 0 amide bonds. The molecule has 0 aliphatic heterocycles. The van der Waals surface area contributed by atoms with Crippen LogP contribution in [0.5, 0.6) is 0 Å². The summed E-state index contributed by atoms with van der Waals surface area (Å²) >= 11 is 13.7. The zero-order valence-corrected chi connectivity index (χ0v) is 21.5. The maximum atomic E-state index is 13.7. The number of fused-ring (bicyclic) bond motifs is 5. The van der Waals surface area contributed by atoms with E-state index in [4.69, 9.17) is 38.9 Å². The van der Waals surface area contributed by atoms with E-state index >= 15 is 0 Å². The first-order valence-corrected chi connectivity index (χ1v) is 13.0. The number of ether oxygens (including phenoxy) is 1. The molecule has 4 aliphatic rings. The predicted octanol–water partition coefficient (Wildman–Crippen LogP) is 4.87. The highest BCUT2D eigenvalue weighted by molar-refractivity contribution is 6.29. The number of ketones is 2. The molecule has 35 heavy (non-hydrogen) atoms. The van der Waals surface area contributed by atoms with Gasteiger partial charge >= 0.3 is 5.97 Å². The Hall–Kier alpha value is -1.89. The molecule has 1 aromatic heterocycles. The average Bonchev–Trinajstić information content (AvgIpc) is 3.46. The number of aliphatic hydroxyl groups is 1. The molecule has 0 aromatic carbocycles. The van der Waals surface area contributed by atoms with Crippen molar-refractivity contribution in [3.05, 3.63) is 48.0 Å². The lowest BCUT2D eigenvalue weighted by atomic mass is 9.45. The van der Waals surface area contributed by atoms with Gasteiger partial charge in [0.15, 0.2) is 17.2 Å². The molecule has 1 aromatic rings. The summed E-state index contributed by atoms with van der Waals surface area (Å²) in [6.45, 7) is 5.85. The summed E-state index contributed by atoms with van der Waals surface area (Å²) in [6.07, 6.45) is 7.75. The van der Waals surface area contributed by atoms with Gasteiger partial charge in [0.05, 0.1) is 23.1 Å². The zero-order valence-electron chi connectivity index (χ0n) is 21.0. The molecule has 0 saturated heterocycles. The number of Topliss-reactive ketones (excluding diaryl/α,β-unsaturated/α-hetero) is 1. The van der Waals surface area contributed by atoms with E-state index in [0.29, 0.717) is 19.3 Å². The summed E-state index contributed by atoms with van der Waals surface area (Å²) in [4.78, 5) is 38.0. The van der Waals surface area contributed by atoms with E-state index in [2.05, 4.69) is 0 Å². The van der Waals surface area contributed by atoms with E-state index in [-0.39, 0.29) is 47.4 Å². The third-order valence-electron chi connectivity index (χ3n) is 9.67. The molecule has 1 heterocycles. The largest absolute Gasteiger partial charge is 0.457 e. The van der Waals surface area contributed by atoms with E-state index in [9.17, 15) is 14.4 Å². The van der Waals surface area contributed by atoms with Crippen LogP contribution in [0, 0.1) is 28.6 Å². The fraction of sp³-hybridized carbons (Fsp3) is 0.593. The van der Waals surface area contributed by atoms with Gasteiger partial charge in [-0.25, -0.2) is 4.79 Å². The first-order chi connectivity index (χ1) is 17.0. The van der Waals surface area contributed by atoms with Gasteiger partial charge in [-0.2, -0.15) is 0 Å². The Kier molecular flexibility index (Phi) is 5.41. The van der Waals surface area contributed by atoms with Gasteiger partial charge < -0.3 is 14.3 Å². The quantitative estimate of drug-likeness (QED) is 0.438. The topological polar surface area (TPSA) is 93.8 Å². The van der Waals surface area contributed by atoms with Crippen LogP contribution >= 0.6 is 23.2 Å². The minimum Gasteiger partial charge on any atom is -0.457 e. The number of rotatable bonds is 5. The van der Waals surface area contributed by atoms with Crippen molar-refractivity contribution in [2.75, 3.05) is 5.88 Å². The fourth-order valence-corrected chi connectivity index (χ4v) is 8.77. The first kappa shape index (κ1) is 23.5. The van der Waals surface area contributed by atoms with E-state index in [1.807, 2.05) is 26.8 Å². The van der Waals surface area contributed by atoms with Crippen LogP contribution in [0.3, 0.4) is 0 Å². The van der Waals surface area contributed by atoms with E-state index in [0.717, 1.165) is 5.57 Å². The number of furan rings is 1. The summed E-state index contributed by atoms with van der Waals surface area (Å²) in [6, 6.07) is 3.07. The van der Waals surface area contributed by atoms with E-state index in [1.165, 1.54) is 18.4 Å². The van der Waals surface area contributed by atoms with Gasteiger partial charge in [-0.1, -0.05) is 32.4 Å². The Bertz CT molecular complexity index is 1160. The second-order valence-electron chi connectivity index (χ2n) is 11.0. The lowest BCUT2D eigenvalue weighted by molar-refractivity contribution is -0.177. The van der Waals surface area contributed by atoms with Gasteiger partial charge in [-0.3, -0.25) is 9.59 Å². The van der Waals surface area contributed by atoms with Crippen molar-refractivity contribution in [2.24, 2.45) is 28.6 Å². The standard InChI is InChI=1S/C27H30Cl2O6/c1-15-11-19-18-7-6-16-12-17(30)8-9-24(16,2)26(18,29)21(31)13-25(19,3)27(15,22(32)14-28)35-23(33)20-5-4-10-34-20/h4-5,8-10,12,15,18-19,21,31H,6-7,11,13-14H2,1-3H3/t15-,18?,19?,21+,24+,25+,26+,27+/m1/s1/i31D. The monoisotopic (exact) mass is 521 g/mol. The smallest absolute Gasteiger partial charge is 0.375 e. The summed E-state index contributed by atoms with van der Waals surface area (Å²) in [7, 11) is 0. The molecule has 0 spiro atoms. The molecule has 2 unspecified atom stereocenters. The lowest BCUT2D eigenvalue weighted by Gasteiger charge is -2.64. The molecule has 5 rings (SSSR count). The van der Waals surface area contributed by atoms with E-state index < -0.39 is 33.4 Å². The zero-order chi connectivity index (χ0) is 26.1. The number of hydrogen-bond acceptors (Lipinski definition) is 6. The molecule has 3 saturated carbocycles. The second-order valence-corrected chi connectivity index (χ2v) is 11.9. The third-order valence-corrected chi connectivity index (χ3v) is 10.8. The van der Waals surface area contributed by atoms with Crippen molar-refractivity contribution in [3.63, 3.8) is 0 Å². The molecule has 3 fully saturated rings. The molecule has 4 aliphatic carbocycles. The number of allylic oxidation sites excluding steroid dienone is 4. The molecular weight excluding hydrogens is 491 g/mol. The highest BCUT2D eigenvalue weighted by Gasteiger charge is 2.76. The van der Waals surface area contributed by atoms with Gasteiger partial charge in [0, 0.05) is 16.7 Å². The predicted molar refractivity (Wildman–Crippen MR) is 130 cm³/mol. The van der Waals surface area contributed by atoms with Gasteiger partial charge in [0.2, 0.25) is 7.19 Å². The average molecular weight is 522 g/mol. The third kappa shape index (κ3) is 3.02. The minimum atomic E-state index is -1.53. The number of hydrogen-bond donors (Lipinski definition) is 1. The second kappa shape index (κ2) is 8.06. The molecule has 0 bridgehead atoms. The van der Waals surface area contributed by atoms with Crippen LogP contribution in [0.4, 0.5) is 0 Å². The van der Waals surface area contributed by atoms with Gasteiger partial charge in [-0.15, -0.1) is 23.2 Å². The van der Waals surface area contributed by atoms with E-state index in [1.54, 1.807) is 12.1 Å². The first-order valence-electron chi connectivity index (χ1n) is 12.5. The maximum absolute atomic E-state index is 13.7. The molecule has 8 heteroatoms. The lowest BCUT2D eigenvalue weighted by Crippen LogP contribution is -2.69. The Morgan fingerprint density at radius 2 is 2.11 bits per heavy atom. The number of alkyl halides is 2. The van der Waals surface area contributed by atoms with Gasteiger partial charge in [0.25, 0.3) is 0 Å². The molecular formula is C27H30Cl2O6. The number of halogens is 2. The molecule has 6 nitrogen and oxygen atoms in total. The van der Waals surface area contributed by atoms with Crippen LogP contribution in [0.15, 0.2) is 46.6 Å². The molecule has 188 valence electrons. The van der Waals surface area contributed by atoms with Crippen molar-refractivity contribution < 1.29 is 28.6 Å². The highest BCUT2D eigenvalue weighted by Crippen LogP contribution is 2.72. The summed E-state index contributed by atoms with van der Waals surface area (Å²) in [5.41, 5.74) is -2.19. The van der Waals surface area contributed by atoms with Crippen LogP contribution in [0.1, 0.15) is 57.0 Å². The maximum Gasteiger partial charge on any atom is 0.375 e. The Balaban J connectivity index is 1.64. The Labute approximate surface area is 216 Å². The van der Waals surface area contributed by atoms with Crippen LogP contribution in [-0.4, -0.2) is 46.5 Å². The fourth-order valence-electron chi connectivity index (χ4n) is 8.05. The van der Waals surface area contributed by atoms with Crippen molar-refractivity contribution in [3.8, 4) is 0 Å². The summed E-state index contributed by atoms with van der Waals surface area (Å²) in [5.74, 6) is -2.13. The minimum absolute atomic E-state index is 0.00348. The van der Waals surface area contributed by atoms with Crippen molar-refractivity contribution >= 4 is 40.7 Å². The molecule has 1 N–H and O–H groups in total. The molecule has 8 atom stereocenters. The SMILES string of the molecule is [2H]O[C@H]1C[C@@]2(C)C(C[C@@H](C)[C@]2(OC(=O)c2ccco2)C(=O)CCl)C2CCC3=CC(=O)C=C[C@]3(C)[C@]21Cl. The molecule has 0 radical (unpaired) electrons. The number of aliphatic hydroxyl groups excluding tert-OH is 1. The van der Waals surface area contributed by atoms with Crippen LogP contribution in [0.2, 0.25) is 0 Å². The van der Waals surface area contributed by atoms with Gasteiger partial charge in [-0.05, 0) is 61.8 Å². The van der Waals surface area contributed by atoms with Crippen LogP contribution < -0.4 is 0 Å². The number of esters is 1. The number of carbonyl (C=O) groups excluding carboxylic acids is 3. The number of carbonyl (C=O) groups is 3. The van der Waals surface area contributed by atoms with Crippen LogP contribution in [-0.2, 0) is 14.3 Å². The van der Waals surface area contributed by atoms with Gasteiger partial charge in [0.1, 0.15) is 0 Å². The Morgan fingerprint density at radius 3 is 2.77 bits per heavy atom. The summed E-state index contributed by atoms with van der Waals surface area (Å²) < 4.78 is 19.5.